The molecule has 0 bridgehead atoms. The zero-order valence-electron chi connectivity index (χ0n) is 10.1. The molecule has 0 aliphatic rings. The molecule has 92 valence electrons. The smallest absolute Gasteiger partial charge is 0.316 e. The molecule has 2 atom stereocenters. The number of ether oxygens (including phenoxy) is 1. The van der Waals surface area contributed by atoms with E-state index in [9.17, 15) is 19.5 Å². The van der Waals surface area contributed by atoms with Crippen LogP contribution >= 0.6 is 0 Å². The minimum absolute atomic E-state index is 0.194. The minimum Gasteiger partial charge on any atom is -0.465 e. The molecule has 5 nitrogen and oxygen atoms in total. The van der Waals surface area contributed by atoms with Crippen LogP contribution in [0, 0.1) is 5.92 Å². The summed E-state index contributed by atoms with van der Waals surface area (Å²) in [7, 11) is 0. The molecular formula is C11H18O5. The third kappa shape index (κ3) is 4.10. The predicted molar refractivity (Wildman–Crippen MR) is 56.7 cm³/mol. The van der Waals surface area contributed by atoms with E-state index in [4.69, 9.17) is 0 Å². The lowest BCUT2D eigenvalue weighted by molar-refractivity contribution is -0.153. The fourth-order valence-corrected chi connectivity index (χ4v) is 1.02. The van der Waals surface area contributed by atoms with Gasteiger partial charge in [0.25, 0.3) is 0 Å². The second-order valence-electron chi connectivity index (χ2n) is 3.95. The fourth-order valence-electron chi connectivity index (χ4n) is 1.02. The van der Waals surface area contributed by atoms with Crippen molar-refractivity contribution in [2.75, 3.05) is 6.61 Å². The topological polar surface area (TPSA) is 80.7 Å². The summed E-state index contributed by atoms with van der Waals surface area (Å²) < 4.78 is 4.67. The first-order chi connectivity index (χ1) is 7.22. The average molecular weight is 230 g/mol. The van der Waals surface area contributed by atoms with Crippen LogP contribution in [0.3, 0.4) is 0 Å². The molecule has 16 heavy (non-hydrogen) atoms. The Hall–Kier alpha value is -1.23. The number of hydrogen-bond donors (Lipinski definition) is 1. The van der Waals surface area contributed by atoms with Gasteiger partial charge in [-0.15, -0.1) is 0 Å². The average Bonchev–Trinajstić information content (AvgIpc) is 2.15. The minimum atomic E-state index is -1.71. The van der Waals surface area contributed by atoms with Gasteiger partial charge in [-0.25, -0.2) is 0 Å². The van der Waals surface area contributed by atoms with E-state index in [1.807, 2.05) is 0 Å². The standard InChI is InChI=1S/C11H18O5/c1-5-16-10(14)7(2)9(13)6-11(4,15)8(3)12/h7,15H,5-6H2,1-4H3. The van der Waals surface area contributed by atoms with Crippen LogP contribution in [0.2, 0.25) is 0 Å². The van der Waals surface area contributed by atoms with E-state index in [1.54, 1.807) is 6.92 Å². The van der Waals surface area contributed by atoms with Crippen LogP contribution in [-0.2, 0) is 19.1 Å². The summed E-state index contributed by atoms with van der Waals surface area (Å²) in [6.45, 7) is 5.68. The molecule has 0 saturated carbocycles. The van der Waals surface area contributed by atoms with Crippen molar-refractivity contribution in [3.8, 4) is 0 Å². The first kappa shape index (κ1) is 14.8. The molecule has 2 unspecified atom stereocenters. The van der Waals surface area contributed by atoms with E-state index in [1.165, 1.54) is 20.8 Å². The van der Waals surface area contributed by atoms with Crippen molar-refractivity contribution in [3.05, 3.63) is 0 Å². The quantitative estimate of drug-likeness (QED) is 0.530. The number of rotatable bonds is 6. The zero-order valence-corrected chi connectivity index (χ0v) is 10.1. The maximum absolute atomic E-state index is 11.6. The van der Waals surface area contributed by atoms with E-state index in [0.29, 0.717) is 0 Å². The number of ketones is 2. The Morgan fingerprint density at radius 3 is 2.25 bits per heavy atom. The number of carbonyl (C=O) groups is 3. The van der Waals surface area contributed by atoms with Gasteiger partial charge >= 0.3 is 5.97 Å². The molecule has 0 radical (unpaired) electrons. The second-order valence-corrected chi connectivity index (χ2v) is 3.95. The van der Waals surface area contributed by atoms with Crippen LogP contribution in [-0.4, -0.2) is 34.9 Å². The monoisotopic (exact) mass is 230 g/mol. The van der Waals surface area contributed by atoms with E-state index < -0.39 is 29.1 Å². The molecule has 0 aliphatic carbocycles. The van der Waals surface area contributed by atoms with Crippen LogP contribution in [0.5, 0.6) is 0 Å². The summed E-state index contributed by atoms with van der Waals surface area (Å²) in [5, 5.41) is 9.60. The Bertz CT molecular complexity index is 293. The summed E-state index contributed by atoms with van der Waals surface area (Å²) in [5.41, 5.74) is -1.71. The Balaban J connectivity index is 4.47. The Kier molecular flexibility index (Phi) is 5.30. The normalized spacial score (nSPS) is 16.1. The molecule has 0 spiro atoms. The molecule has 0 rings (SSSR count). The Labute approximate surface area is 94.8 Å². The first-order valence-corrected chi connectivity index (χ1v) is 5.15. The maximum Gasteiger partial charge on any atom is 0.316 e. The van der Waals surface area contributed by atoms with E-state index in [2.05, 4.69) is 4.74 Å². The molecule has 0 aromatic heterocycles. The summed E-state index contributed by atoms with van der Waals surface area (Å²) in [6, 6.07) is 0. The van der Waals surface area contributed by atoms with Crippen molar-refractivity contribution >= 4 is 17.5 Å². The highest BCUT2D eigenvalue weighted by Gasteiger charge is 2.33. The van der Waals surface area contributed by atoms with Gasteiger partial charge in [0.2, 0.25) is 0 Å². The second kappa shape index (κ2) is 5.75. The summed E-state index contributed by atoms with van der Waals surface area (Å²) in [5.74, 6) is -2.59. The van der Waals surface area contributed by atoms with Gasteiger partial charge in [0, 0.05) is 6.42 Å². The van der Waals surface area contributed by atoms with Crippen molar-refractivity contribution in [2.24, 2.45) is 5.92 Å². The van der Waals surface area contributed by atoms with Crippen LogP contribution in [0.1, 0.15) is 34.1 Å². The first-order valence-electron chi connectivity index (χ1n) is 5.15. The van der Waals surface area contributed by atoms with Crippen LogP contribution < -0.4 is 0 Å². The predicted octanol–water partition coefficient (Wildman–Crippen LogP) is 0.485. The Morgan fingerprint density at radius 1 is 1.38 bits per heavy atom. The van der Waals surface area contributed by atoms with E-state index >= 15 is 0 Å². The van der Waals surface area contributed by atoms with Crippen molar-refractivity contribution in [3.63, 3.8) is 0 Å². The van der Waals surface area contributed by atoms with Crippen molar-refractivity contribution in [1.29, 1.82) is 0 Å². The van der Waals surface area contributed by atoms with Crippen LogP contribution in [0.4, 0.5) is 0 Å². The van der Waals surface area contributed by atoms with Crippen molar-refractivity contribution in [2.45, 2.75) is 39.7 Å². The van der Waals surface area contributed by atoms with Crippen molar-refractivity contribution in [1.82, 2.24) is 0 Å². The maximum atomic E-state index is 11.6. The van der Waals surface area contributed by atoms with E-state index in [0.717, 1.165) is 0 Å². The van der Waals surface area contributed by atoms with Crippen LogP contribution in [0.15, 0.2) is 0 Å². The Morgan fingerprint density at radius 2 is 1.88 bits per heavy atom. The lowest BCUT2D eigenvalue weighted by atomic mass is 9.90. The molecule has 1 N–H and O–H groups in total. The highest BCUT2D eigenvalue weighted by molar-refractivity contribution is 6.01. The molecule has 0 aromatic rings. The SMILES string of the molecule is CCOC(=O)C(C)C(=O)CC(C)(O)C(C)=O. The van der Waals surface area contributed by atoms with Gasteiger partial charge in [0.1, 0.15) is 17.3 Å². The molecule has 0 saturated heterocycles. The highest BCUT2D eigenvalue weighted by Crippen LogP contribution is 2.15. The van der Waals surface area contributed by atoms with Gasteiger partial charge in [-0.2, -0.15) is 0 Å². The summed E-state index contributed by atoms with van der Waals surface area (Å²) in [6.07, 6.45) is -0.373. The lowest BCUT2D eigenvalue weighted by Gasteiger charge is -2.20. The number of esters is 1. The molecule has 0 aliphatic heterocycles. The van der Waals surface area contributed by atoms with E-state index in [-0.39, 0.29) is 13.0 Å². The number of Topliss-reactive ketones (excluding diaryl/α,β-unsaturated/α-hetero) is 2. The molecule has 0 fully saturated rings. The third-order valence-corrected chi connectivity index (χ3v) is 2.40. The zero-order chi connectivity index (χ0) is 12.9. The molecule has 0 aromatic carbocycles. The lowest BCUT2D eigenvalue weighted by Crippen LogP contribution is -2.38. The molecule has 5 heteroatoms. The fraction of sp³-hybridized carbons (Fsp3) is 0.727. The molecule has 0 amide bonds. The van der Waals surface area contributed by atoms with Crippen molar-refractivity contribution < 1.29 is 24.2 Å². The van der Waals surface area contributed by atoms with Gasteiger partial charge in [0.05, 0.1) is 6.61 Å². The number of carbonyl (C=O) groups excluding carboxylic acids is 3. The number of aliphatic hydroxyl groups is 1. The van der Waals surface area contributed by atoms with Gasteiger partial charge in [-0.1, -0.05) is 0 Å². The highest BCUT2D eigenvalue weighted by atomic mass is 16.5. The third-order valence-electron chi connectivity index (χ3n) is 2.40. The van der Waals surface area contributed by atoms with Crippen LogP contribution in [0.25, 0.3) is 0 Å². The van der Waals surface area contributed by atoms with Gasteiger partial charge in [0.15, 0.2) is 5.78 Å². The summed E-state index contributed by atoms with van der Waals surface area (Å²) in [4.78, 5) is 33.8. The molecular weight excluding hydrogens is 212 g/mol. The number of hydrogen-bond acceptors (Lipinski definition) is 5. The van der Waals surface area contributed by atoms with Gasteiger partial charge < -0.3 is 9.84 Å². The van der Waals surface area contributed by atoms with Gasteiger partial charge in [-0.3, -0.25) is 14.4 Å². The molecule has 0 heterocycles. The van der Waals surface area contributed by atoms with Gasteiger partial charge in [-0.05, 0) is 27.7 Å². The summed E-state index contributed by atoms with van der Waals surface area (Å²) >= 11 is 0. The largest absolute Gasteiger partial charge is 0.465 e.